The molecule has 3 heteroatoms. The molecule has 0 aliphatic heterocycles. The van der Waals surface area contributed by atoms with Crippen LogP contribution in [0.1, 0.15) is 26.7 Å². The van der Waals surface area contributed by atoms with Crippen LogP contribution in [0.5, 0.6) is 0 Å². The zero-order valence-electron chi connectivity index (χ0n) is 7.25. The molecule has 64 valence electrons. The van der Waals surface area contributed by atoms with Crippen LogP contribution in [0.4, 0.5) is 0 Å². The summed E-state index contributed by atoms with van der Waals surface area (Å²) in [5, 5.41) is 1.76. The van der Waals surface area contributed by atoms with Crippen molar-refractivity contribution in [3.8, 4) is 0 Å². The van der Waals surface area contributed by atoms with Gasteiger partial charge in [-0.05, 0) is 26.7 Å². The molecule has 0 unspecified atom stereocenters. The van der Waals surface area contributed by atoms with E-state index in [4.69, 9.17) is 11.6 Å². The van der Waals surface area contributed by atoms with E-state index in [0.717, 1.165) is 5.70 Å². The van der Waals surface area contributed by atoms with Crippen molar-refractivity contribution in [1.29, 1.82) is 0 Å². The van der Waals surface area contributed by atoms with E-state index in [-0.39, 0.29) is 0 Å². The molecule has 11 heavy (non-hydrogen) atoms. The van der Waals surface area contributed by atoms with Gasteiger partial charge < -0.3 is 10.7 Å². The second-order valence-electron chi connectivity index (χ2n) is 3.37. The zero-order valence-corrected chi connectivity index (χ0v) is 7.25. The van der Waals surface area contributed by atoms with Gasteiger partial charge in [0.2, 0.25) is 0 Å². The second-order valence-corrected chi connectivity index (χ2v) is 3.37. The third kappa shape index (κ3) is 1.87. The van der Waals surface area contributed by atoms with E-state index in [0.29, 0.717) is 12.0 Å². The zero-order chi connectivity index (χ0) is 8.43. The van der Waals surface area contributed by atoms with Crippen LogP contribution in [0.2, 0.25) is 0 Å². The van der Waals surface area contributed by atoms with Crippen molar-refractivity contribution in [2.45, 2.75) is 32.7 Å². The van der Waals surface area contributed by atoms with Gasteiger partial charge in [-0.3, -0.25) is 0 Å². The van der Waals surface area contributed by atoms with Crippen LogP contribution in [0.15, 0.2) is 11.9 Å². The van der Waals surface area contributed by atoms with Crippen molar-refractivity contribution >= 4 is 0 Å². The first-order valence-corrected chi connectivity index (χ1v) is 4.12. The van der Waals surface area contributed by atoms with E-state index in [2.05, 4.69) is 13.8 Å². The van der Waals surface area contributed by atoms with Crippen molar-refractivity contribution < 1.29 is 0 Å². The molecule has 0 aromatic rings. The van der Waals surface area contributed by atoms with Gasteiger partial charge in [0.05, 0.1) is 0 Å². The summed E-state index contributed by atoms with van der Waals surface area (Å²) in [4.78, 5) is 0. The molecular formula is C8H17N3. The Bertz CT molecular complexity index is 159. The van der Waals surface area contributed by atoms with Gasteiger partial charge in [-0.2, -0.15) is 0 Å². The molecule has 1 aliphatic carbocycles. The number of allylic oxidation sites excluding steroid dienone is 1. The molecule has 1 aliphatic rings. The van der Waals surface area contributed by atoms with Gasteiger partial charge in [0.15, 0.2) is 0 Å². The van der Waals surface area contributed by atoms with Gasteiger partial charge in [-0.15, -0.1) is 0 Å². The molecule has 1 fully saturated rings. The minimum atomic E-state index is 0.338. The smallest absolute Gasteiger partial charge is 0.0479 e. The lowest BCUT2D eigenvalue weighted by molar-refractivity contribution is 0.278. The summed E-state index contributed by atoms with van der Waals surface area (Å²) < 4.78 is 0. The first kappa shape index (κ1) is 8.40. The highest BCUT2D eigenvalue weighted by atomic mass is 15.4. The number of hydrogen-bond donors (Lipinski definition) is 2. The minimum absolute atomic E-state index is 0.338. The van der Waals surface area contributed by atoms with Crippen LogP contribution in [-0.4, -0.2) is 11.1 Å². The van der Waals surface area contributed by atoms with E-state index in [1.807, 2.05) is 0 Å². The van der Waals surface area contributed by atoms with Crippen molar-refractivity contribution in [3.63, 3.8) is 0 Å². The Balaban J connectivity index is 2.54. The van der Waals surface area contributed by atoms with E-state index in [9.17, 15) is 0 Å². The maximum Gasteiger partial charge on any atom is 0.0479 e. The highest BCUT2D eigenvalue weighted by Gasteiger charge is 2.29. The third-order valence-corrected chi connectivity index (χ3v) is 2.02. The van der Waals surface area contributed by atoms with E-state index in [1.54, 1.807) is 11.2 Å². The van der Waals surface area contributed by atoms with Gasteiger partial charge >= 0.3 is 0 Å². The van der Waals surface area contributed by atoms with Crippen LogP contribution in [0.3, 0.4) is 0 Å². The van der Waals surface area contributed by atoms with E-state index in [1.165, 1.54) is 12.8 Å². The Morgan fingerprint density at radius 3 is 2.36 bits per heavy atom. The van der Waals surface area contributed by atoms with Crippen LogP contribution in [-0.2, 0) is 0 Å². The monoisotopic (exact) mass is 155 g/mol. The Labute approximate surface area is 68.0 Å². The Kier molecular flexibility index (Phi) is 2.39. The number of nitrogens with two attached hydrogens (primary N) is 2. The average Bonchev–Trinajstić information content (AvgIpc) is 2.72. The fourth-order valence-electron chi connectivity index (χ4n) is 1.11. The molecule has 0 bridgehead atoms. The highest BCUT2D eigenvalue weighted by Crippen LogP contribution is 2.37. The fourth-order valence-corrected chi connectivity index (χ4v) is 1.11. The lowest BCUT2D eigenvalue weighted by Crippen LogP contribution is -2.37. The Hall–Kier alpha value is -0.700. The number of hydrazine groups is 1. The molecule has 0 aromatic carbocycles. The van der Waals surface area contributed by atoms with E-state index >= 15 is 0 Å². The summed E-state index contributed by atoms with van der Waals surface area (Å²) in [6.45, 7) is 4.12. The second kappa shape index (κ2) is 3.13. The molecule has 0 saturated heterocycles. The maximum atomic E-state index is 5.80. The molecule has 0 spiro atoms. The molecule has 0 atom stereocenters. The standard InChI is InChI=1S/C8H17N3/c1-6(2)11(10)8(5-9)7-3-4-7/h5-7H,3-4,9-10H2,1-2H3/b8-5-. The lowest BCUT2D eigenvalue weighted by atomic mass is 10.2. The van der Waals surface area contributed by atoms with Crippen LogP contribution in [0.25, 0.3) is 0 Å². The van der Waals surface area contributed by atoms with Crippen molar-refractivity contribution in [1.82, 2.24) is 5.01 Å². The maximum absolute atomic E-state index is 5.80. The normalized spacial score (nSPS) is 19.1. The summed E-state index contributed by atoms with van der Waals surface area (Å²) in [5.74, 6) is 6.43. The lowest BCUT2D eigenvalue weighted by Gasteiger charge is -2.25. The molecule has 1 rings (SSSR count). The van der Waals surface area contributed by atoms with Crippen LogP contribution in [0, 0.1) is 5.92 Å². The van der Waals surface area contributed by atoms with Gasteiger partial charge in [-0.25, -0.2) is 5.84 Å². The van der Waals surface area contributed by atoms with Crippen molar-refractivity contribution in [2.24, 2.45) is 17.5 Å². The fraction of sp³-hybridized carbons (Fsp3) is 0.750. The first-order chi connectivity index (χ1) is 5.16. The predicted molar refractivity (Wildman–Crippen MR) is 46.2 cm³/mol. The van der Waals surface area contributed by atoms with Crippen LogP contribution >= 0.6 is 0 Å². The topological polar surface area (TPSA) is 55.3 Å². The molecule has 3 nitrogen and oxygen atoms in total. The summed E-state index contributed by atoms with van der Waals surface area (Å²) in [7, 11) is 0. The molecule has 0 heterocycles. The van der Waals surface area contributed by atoms with Gasteiger partial charge in [0, 0.05) is 23.9 Å². The summed E-state index contributed by atoms with van der Waals surface area (Å²) >= 11 is 0. The Morgan fingerprint density at radius 2 is 2.09 bits per heavy atom. The third-order valence-electron chi connectivity index (χ3n) is 2.02. The molecule has 1 saturated carbocycles. The molecule has 0 radical (unpaired) electrons. The van der Waals surface area contributed by atoms with Crippen molar-refractivity contribution in [3.05, 3.63) is 11.9 Å². The number of nitrogens with zero attached hydrogens (tertiary/aromatic N) is 1. The number of hydrogen-bond acceptors (Lipinski definition) is 3. The average molecular weight is 155 g/mol. The Morgan fingerprint density at radius 1 is 1.55 bits per heavy atom. The van der Waals surface area contributed by atoms with Crippen molar-refractivity contribution in [2.75, 3.05) is 0 Å². The first-order valence-electron chi connectivity index (χ1n) is 4.12. The SMILES string of the molecule is CC(C)N(N)/C(=C\N)C1CC1. The summed E-state index contributed by atoms with van der Waals surface area (Å²) in [5.41, 5.74) is 6.57. The molecule has 0 aromatic heterocycles. The summed E-state index contributed by atoms with van der Waals surface area (Å²) in [6, 6.07) is 0.338. The molecule has 4 N–H and O–H groups in total. The summed E-state index contributed by atoms with van der Waals surface area (Å²) in [6.07, 6.45) is 4.12. The molecule has 0 amide bonds. The van der Waals surface area contributed by atoms with Gasteiger partial charge in [-0.1, -0.05) is 0 Å². The molecular weight excluding hydrogens is 138 g/mol. The van der Waals surface area contributed by atoms with E-state index < -0.39 is 0 Å². The minimum Gasteiger partial charge on any atom is -0.403 e. The quantitative estimate of drug-likeness (QED) is 0.468. The number of rotatable bonds is 3. The predicted octanol–water partition coefficient (Wildman–Crippen LogP) is 0.781. The van der Waals surface area contributed by atoms with Gasteiger partial charge in [0.25, 0.3) is 0 Å². The van der Waals surface area contributed by atoms with Crippen LogP contribution < -0.4 is 11.6 Å². The van der Waals surface area contributed by atoms with Gasteiger partial charge in [0.1, 0.15) is 0 Å². The largest absolute Gasteiger partial charge is 0.403 e. The highest BCUT2D eigenvalue weighted by molar-refractivity contribution is 5.09.